The number of nitrogens with zero attached hydrogens (tertiary/aromatic N) is 2. The van der Waals surface area contributed by atoms with Gasteiger partial charge in [-0.15, -0.1) is 0 Å². The Morgan fingerprint density at radius 1 is 1.39 bits per heavy atom. The molecule has 0 saturated heterocycles. The summed E-state index contributed by atoms with van der Waals surface area (Å²) in [6.07, 6.45) is 2.97. The molecule has 1 aromatic carbocycles. The minimum Gasteiger partial charge on any atom is -0.298 e. The zero-order valence-electron chi connectivity index (χ0n) is 9.86. The first-order valence-electron chi connectivity index (χ1n) is 5.63. The van der Waals surface area contributed by atoms with Gasteiger partial charge in [-0.1, -0.05) is 6.92 Å². The predicted octanol–water partition coefficient (Wildman–Crippen LogP) is 3.05. The van der Waals surface area contributed by atoms with Crippen molar-refractivity contribution in [1.29, 1.82) is 0 Å². The van der Waals surface area contributed by atoms with E-state index in [1.165, 1.54) is 6.20 Å². The maximum absolute atomic E-state index is 13.6. The van der Waals surface area contributed by atoms with E-state index in [2.05, 4.69) is 5.10 Å². The zero-order chi connectivity index (χ0) is 13.1. The van der Waals surface area contributed by atoms with Crippen LogP contribution in [0.1, 0.15) is 23.7 Å². The van der Waals surface area contributed by atoms with Crippen molar-refractivity contribution >= 4 is 6.29 Å². The lowest BCUT2D eigenvalue weighted by Crippen LogP contribution is -1.97. The Bertz CT molecular complexity index is 578. The second kappa shape index (κ2) is 5.08. The second-order valence-electron chi connectivity index (χ2n) is 3.94. The van der Waals surface area contributed by atoms with Crippen molar-refractivity contribution in [2.45, 2.75) is 19.9 Å². The van der Waals surface area contributed by atoms with Crippen LogP contribution >= 0.6 is 0 Å². The maximum atomic E-state index is 13.6. The molecule has 0 N–H and O–H groups in total. The molecule has 2 rings (SSSR count). The van der Waals surface area contributed by atoms with Crippen LogP contribution in [0.2, 0.25) is 0 Å². The van der Waals surface area contributed by atoms with E-state index >= 15 is 0 Å². The number of benzene rings is 1. The van der Waals surface area contributed by atoms with Crippen LogP contribution in [0.15, 0.2) is 24.4 Å². The second-order valence-corrected chi connectivity index (χ2v) is 3.94. The van der Waals surface area contributed by atoms with Crippen molar-refractivity contribution in [3.8, 4) is 11.3 Å². The molecule has 0 aliphatic carbocycles. The molecule has 3 nitrogen and oxygen atoms in total. The average molecular weight is 250 g/mol. The molecule has 0 spiro atoms. The molecule has 0 amide bonds. The summed E-state index contributed by atoms with van der Waals surface area (Å²) in [5.41, 5.74) is 0.440. The highest BCUT2D eigenvalue weighted by atomic mass is 19.1. The highest BCUT2D eigenvalue weighted by Gasteiger charge is 2.15. The van der Waals surface area contributed by atoms with Crippen molar-refractivity contribution in [2.75, 3.05) is 0 Å². The van der Waals surface area contributed by atoms with Gasteiger partial charge < -0.3 is 0 Å². The molecule has 18 heavy (non-hydrogen) atoms. The van der Waals surface area contributed by atoms with Crippen LogP contribution in [0, 0.1) is 11.6 Å². The number of rotatable bonds is 4. The molecule has 0 radical (unpaired) electrons. The van der Waals surface area contributed by atoms with Gasteiger partial charge in [-0.05, 0) is 24.6 Å². The first-order valence-corrected chi connectivity index (χ1v) is 5.63. The van der Waals surface area contributed by atoms with Crippen molar-refractivity contribution in [3.63, 3.8) is 0 Å². The van der Waals surface area contributed by atoms with E-state index in [1.807, 2.05) is 6.92 Å². The van der Waals surface area contributed by atoms with E-state index in [9.17, 15) is 13.6 Å². The van der Waals surface area contributed by atoms with Gasteiger partial charge in [0.15, 0.2) is 6.29 Å². The Balaban J connectivity index is 2.54. The summed E-state index contributed by atoms with van der Waals surface area (Å²) >= 11 is 0. The van der Waals surface area contributed by atoms with Crippen LogP contribution < -0.4 is 0 Å². The molecule has 0 fully saturated rings. The van der Waals surface area contributed by atoms with Crippen molar-refractivity contribution in [1.82, 2.24) is 9.78 Å². The highest BCUT2D eigenvalue weighted by Crippen LogP contribution is 2.25. The molecule has 0 bridgehead atoms. The Morgan fingerprint density at radius 3 is 2.83 bits per heavy atom. The van der Waals surface area contributed by atoms with E-state index < -0.39 is 11.6 Å². The van der Waals surface area contributed by atoms with Gasteiger partial charge in [-0.25, -0.2) is 8.78 Å². The predicted molar refractivity (Wildman–Crippen MR) is 63.3 cm³/mol. The van der Waals surface area contributed by atoms with Crippen molar-refractivity contribution in [3.05, 3.63) is 41.6 Å². The molecule has 5 heteroatoms. The zero-order valence-corrected chi connectivity index (χ0v) is 9.86. The van der Waals surface area contributed by atoms with Gasteiger partial charge in [0.05, 0.1) is 5.56 Å². The fourth-order valence-electron chi connectivity index (χ4n) is 1.75. The summed E-state index contributed by atoms with van der Waals surface area (Å²) in [4.78, 5) is 10.9. The van der Waals surface area contributed by atoms with E-state index in [4.69, 9.17) is 0 Å². The van der Waals surface area contributed by atoms with Crippen LogP contribution in [-0.2, 0) is 6.54 Å². The van der Waals surface area contributed by atoms with Crippen LogP contribution in [0.4, 0.5) is 8.78 Å². The smallest absolute Gasteiger partial charge is 0.153 e. The quantitative estimate of drug-likeness (QED) is 0.782. The molecule has 2 aromatic rings. The molecule has 1 heterocycles. The monoisotopic (exact) mass is 250 g/mol. The Morgan fingerprint density at radius 2 is 2.17 bits per heavy atom. The molecule has 0 aliphatic rings. The third kappa shape index (κ3) is 2.30. The van der Waals surface area contributed by atoms with Gasteiger partial charge in [0, 0.05) is 18.3 Å². The Hall–Kier alpha value is -2.04. The average Bonchev–Trinajstić information content (AvgIpc) is 2.76. The Labute approximate surface area is 103 Å². The minimum absolute atomic E-state index is 0.00644. The molecule has 94 valence electrons. The molecular weight excluding hydrogens is 238 g/mol. The number of carbonyl (C=O) groups is 1. The lowest BCUT2D eigenvalue weighted by molar-refractivity contribution is 0.112. The van der Waals surface area contributed by atoms with Crippen LogP contribution in [0.5, 0.6) is 0 Å². The number of aldehydes is 1. The van der Waals surface area contributed by atoms with Crippen LogP contribution in [0.3, 0.4) is 0 Å². The lowest BCUT2D eigenvalue weighted by Gasteiger charge is -2.01. The number of aryl methyl sites for hydroxylation is 1. The van der Waals surface area contributed by atoms with Gasteiger partial charge in [0.25, 0.3) is 0 Å². The fraction of sp³-hybridized carbons (Fsp3) is 0.231. The fourth-order valence-corrected chi connectivity index (χ4v) is 1.75. The van der Waals surface area contributed by atoms with E-state index in [0.717, 1.165) is 24.6 Å². The third-order valence-electron chi connectivity index (χ3n) is 2.55. The summed E-state index contributed by atoms with van der Waals surface area (Å²) in [6.45, 7) is 2.59. The molecule has 0 atom stereocenters. The molecule has 0 aliphatic heterocycles. The Kier molecular flexibility index (Phi) is 3.50. The van der Waals surface area contributed by atoms with Crippen molar-refractivity contribution < 1.29 is 13.6 Å². The van der Waals surface area contributed by atoms with Gasteiger partial charge in [0.1, 0.15) is 17.3 Å². The molecular formula is C13H12F2N2O. The summed E-state index contributed by atoms with van der Waals surface area (Å²) in [7, 11) is 0. The maximum Gasteiger partial charge on any atom is 0.153 e. The molecule has 1 aromatic heterocycles. The normalized spacial score (nSPS) is 10.6. The van der Waals surface area contributed by atoms with Gasteiger partial charge in [-0.2, -0.15) is 5.10 Å². The number of aromatic nitrogens is 2. The highest BCUT2D eigenvalue weighted by molar-refractivity contribution is 5.85. The SMILES string of the molecule is CCCn1cc(C=O)c(-c2cc(F)ccc2F)n1. The first kappa shape index (κ1) is 12.4. The van der Waals surface area contributed by atoms with Gasteiger partial charge in [-0.3, -0.25) is 9.48 Å². The van der Waals surface area contributed by atoms with Crippen LogP contribution in [0.25, 0.3) is 11.3 Å². The number of halogens is 2. The summed E-state index contributed by atoms with van der Waals surface area (Å²) in [6, 6.07) is 3.10. The first-order chi connectivity index (χ1) is 8.65. The minimum atomic E-state index is -0.596. The van der Waals surface area contributed by atoms with Crippen molar-refractivity contribution in [2.24, 2.45) is 0 Å². The summed E-state index contributed by atoms with van der Waals surface area (Å²) in [5.74, 6) is -1.16. The largest absolute Gasteiger partial charge is 0.298 e. The third-order valence-corrected chi connectivity index (χ3v) is 2.55. The summed E-state index contributed by atoms with van der Waals surface area (Å²) in [5, 5.41) is 4.12. The number of carbonyl (C=O) groups excluding carboxylic acids is 1. The number of hydrogen-bond acceptors (Lipinski definition) is 2. The van der Waals surface area contributed by atoms with Gasteiger partial charge in [0.2, 0.25) is 0 Å². The van der Waals surface area contributed by atoms with E-state index in [1.54, 1.807) is 4.68 Å². The lowest BCUT2D eigenvalue weighted by atomic mass is 10.1. The van der Waals surface area contributed by atoms with Crippen LogP contribution in [-0.4, -0.2) is 16.1 Å². The topological polar surface area (TPSA) is 34.9 Å². The summed E-state index contributed by atoms with van der Waals surface area (Å²) < 4.78 is 28.3. The van der Waals surface area contributed by atoms with E-state index in [0.29, 0.717) is 12.8 Å². The standard InChI is InChI=1S/C13H12F2N2O/c1-2-5-17-7-9(8-18)13(16-17)11-6-10(14)3-4-12(11)15/h3-4,6-8H,2,5H2,1H3. The molecule has 0 saturated carbocycles. The molecule has 0 unspecified atom stereocenters. The van der Waals surface area contributed by atoms with Gasteiger partial charge >= 0.3 is 0 Å². The number of hydrogen-bond donors (Lipinski definition) is 0. The van der Waals surface area contributed by atoms with E-state index in [-0.39, 0.29) is 16.8 Å².